The summed E-state index contributed by atoms with van der Waals surface area (Å²) in [5.74, 6) is -0.00622. The summed E-state index contributed by atoms with van der Waals surface area (Å²) in [6.45, 7) is 1.07. The minimum Gasteiger partial charge on any atom is -0.396 e. The summed E-state index contributed by atoms with van der Waals surface area (Å²) in [7, 11) is 5.99. The first-order valence-corrected chi connectivity index (χ1v) is 10.5. The minimum absolute atomic E-state index is 0.00622. The second kappa shape index (κ2) is 8.46. The lowest BCUT2D eigenvalue weighted by Gasteiger charge is -2.10. The number of hydrogen-bond acceptors (Lipinski definition) is 3. The van der Waals surface area contributed by atoms with Crippen molar-refractivity contribution in [2.75, 3.05) is 39.2 Å². The van der Waals surface area contributed by atoms with E-state index in [1.807, 2.05) is 37.4 Å². The monoisotopic (exact) mass is 403 g/mol. The van der Waals surface area contributed by atoms with Crippen molar-refractivity contribution < 1.29 is 9.90 Å². The van der Waals surface area contributed by atoms with Crippen molar-refractivity contribution in [2.24, 2.45) is 0 Å². The average molecular weight is 404 g/mol. The maximum atomic E-state index is 13.1. The summed E-state index contributed by atoms with van der Waals surface area (Å²) in [6, 6.07) is 14.2. The zero-order chi connectivity index (χ0) is 21.3. The van der Waals surface area contributed by atoms with E-state index >= 15 is 0 Å². The Labute approximate surface area is 177 Å². The van der Waals surface area contributed by atoms with Gasteiger partial charge in [0.2, 0.25) is 0 Å². The largest absolute Gasteiger partial charge is 0.396 e. The lowest BCUT2D eigenvalue weighted by Crippen LogP contribution is -2.20. The third kappa shape index (κ3) is 3.66. The van der Waals surface area contributed by atoms with Crippen LogP contribution in [0.2, 0.25) is 0 Å². The van der Waals surface area contributed by atoms with Gasteiger partial charge in [-0.05, 0) is 69.2 Å². The maximum absolute atomic E-state index is 13.1. The Bertz CT molecular complexity index is 1110. The molecular formula is C25H29N3O2. The highest BCUT2D eigenvalue weighted by Gasteiger charge is 2.32. The van der Waals surface area contributed by atoms with Crippen LogP contribution >= 0.6 is 0 Å². The van der Waals surface area contributed by atoms with Crippen molar-refractivity contribution in [3.05, 3.63) is 64.8 Å². The van der Waals surface area contributed by atoms with Gasteiger partial charge in [-0.3, -0.25) is 4.79 Å². The normalized spacial score (nSPS) is 15.0. The molecule has 2 aromatic carbocycles. The van der Waals surface area contributed by atoms with Gasteiger partial charge in [-0.25, -0.2) is 0 Å². The van der Waals surface area contributed by atoms with E-state index in [-0.39, 0.29) is 12.5 Å². The highest BCUT2D eigenvalue weighted by molar-refractivity contribution is 6.36. The molecule has 3 aromatic rings. The number of nitrogens with zero attached hydrogens (tertiary/aromatic N) is 2. The zero-order valence-corrected chi connectivity index (χ0v) is 17.9. The Morgan fingerprint density at radius 1 is 1.10 bits per heavy atom. The Morgan fingerprint density at radius 2 is 1.90 bits per heavy atom. The van der Waals surface area contributed by atoms with Crippen LogP contribution in [0, 0.1) is 0 Å². The fourth-order valence-electron chi connectivity index (χ4n) is 4.37. The van der Waals surface area contributed by atoms with E-state index in [4.69, 9.17) is 0 Å². The van der Waals surface area contributed by atoms with Crippen LogP contribution in [-0.4, -0.2) is 55.2 Å². The fraction of sp³-hybridized carbons (Fsp3) is 0.320. The Hall–Kier alpha value is -2.89. The number of aliphatic hydroxyl groups excluding tert-OH is 1. The summed E-state index contributed by atoms with van der Waals surface area (Å²) < 4.78 is 0. The van der Waals surface area contributed by atoms with Crippen molar-refractivity contribution in [3.8, 4) is 0 Å². The van der Waals surface area contributed by atoms with Gasteiger partial charge in [0, 0.05) is 35.8 Å². The summed E-state index contributed by atoms with van der Waals surface area (Å²) in [5.41, 5.74) is 6.88. The van der Waals surface area contributed by atoms with Crippen LogP contribution in [0.1, 0.15) is 28.8 Å². The number of anilines is 1. The van der Waals surface area contributed by atoms with Gasteiger partial charge in [0.15, 0.2) is 0 Å². The third-order valence-electron chi connectivity index (χ3n) is 5.84. The molecule has 1 aliphatic heterocycles. The van der Waals surface area contributed by atoms with E-state index in [0.717, 1.165) is 47.4 Å². The van der Waals surface area contributed by atoms with Crippen molar-refractivity contribution in [2.45, 2.75) is 19.3 Å². The van der Waals surface area contributed by atoms with Crippen LogP contribution < -0.4 is 4.90 Å². The van der Waals surface area contributed by atoms with Gasteiger partial charge >= 0.3 is 0 Å². The molecule has 156 valence electrons. The molecule has 5 nitrogen and oxygen atoms in total. The second-order valence-electron chi connectivity index (χ2n) is 8.18. The predicted octanol–water partition coefficient (Wildman–Crippen LogP) is 3.71. The maximum Gasteiger partial charge on any atom is 0.258 e. The summed E-state index contributed by atoms with van der Waals surface area (Å²) in [6.07, 6.45) is 4.53. The Balaban J connectivity index is 1.83. The van der Waals surface area contributed by atoms with Gasteiger partial charge in [0.05, 0.1) is 11.3 Å². The molecule has 0 saturated heterocycles. The second-order valence-corrected chi connectivity index (χ2v) is 8.18. The lowest BCUT2D eigenvalue weighted by atomic mass is 9.96. The molecule has 0 bridgehead atoms. The highest BCUT2D eigenvalue weighted by Crippen LogP contribution is 2.40. The molecule has 0 unspecified atom stereocenters. The van der Waals surface area contributed by atoms with E-state index in [2.05, 4.69) is 42.2 Å². The van der Waals surface area contributed by atoms with E-state index in [9.17, 15) is 9.90 Å². The lowest BCUT2D eigenvalue weighted by molar-refractivity contribution is -0.112. The molecule has 2 heterocycles. The number of benzene rings is 2. The van der Waals surface area contributed by atoms with Crippen molar-refractivity contribution in [1.82, 2.24) is 9.88 Å². The first-order valence-electron chi connectivity index (χ1n) is 10.5. The number of amides is 1. The van der Waals surface area contributed by atoms with Crippen molar-refractivity contribution in [1.29, 1.82) is 0 Å². The molecule has 1 aliphatic rings. The Morgan fingerprint density at radius 3 is 2.67 bits per heavy atom. The number of aryl methyl sites for hydroxylation is 1. The van der Waals surface area contributed by atoms with Gasteiger partial charge < -0.3 is 19.9 Å². The standard InChI is InChI=1S/C25H29N3O2/c1-27(2)14-7-10-19-18-9-4-5-11-21(18)26-22(19)16-20-24-17(13-15-29)8-6-12-23(24)28(3)25(20)30/h4-6,8-9,11-12,16,26,29H,7,10,13-15H2,1-3H3. The van der Waals surface area contributed by atoms with Gasteiger partial charge in [0.25, 0.3) is 5.91 Å². The first-order chi connectivity index (χ1) is 14.5. The number of rotatable bonds is 7. The summed E-state index contributed by atoms with van der Waals surface area (Å²) in [5, 5.41) is 10.7. The van der Waals surface area contributed by atoms with Crippen LogP contribution in [0.25, 0.3) is 22.6 Å². The quantitative estimate of drug-likeness (QED) is 0.591. The molecule has 0 fully saturated rings. The number of likely N-dealkylation sites (N-methyl/N-ethyl adjacent to an activating group) is 1. The molecule has 0 atom stereocenters. The van der Waals surface area contributed by atoms with E-state index in [1.54, 1.807) is 4.90 Å². The molecule has 4 rings (SSSR count). The number of fused-ring (bicyclic) bond motifs is 2. The van der Waals surface area contributed by atoms with E-state index in [0.29, 0.717) is 12.0 Å². The molecule has 0 aliphatic carbocycles. The smallest absolute Gasteiger partial charge is 0.258 e. The highest BCUT2D eigenvalue weighted by atomic mass is 16.3. The minimum atomic E-state index is -0.00622. The van der Waals surface area contributed by atoms with Gasteiger partial charge in [-0.2, -0.15) is 0 Å². The number of aromatic amines is 1. The Kier molecular flexibility index (Phi) is 5.75. The molecule has 0 saturated carbocycles. The average Bonchev–Trinajstić information content (AvgIpc) is 3.19. The van der Waals surface area contributed by atoms with Gasteiger partial charge in [-0.15, -0.1) is 0 Å². The van der Waals surface area contributed by atoms with Crippen LogP contribution in [0.5, 0.6) is 0 Å². The SMILES string of the molecule is CN(C)CCCc1c(C=C2C(=O)N(C)c3cccc(CCO)c32)[nH]c2ccccc12. The zero-order valence-electron chi connectivity index (χ0n) is 17.9. The number of H-pyrrole nitrogens is 1. The third-order valence-corrected chi connectivity index (χ3v) is 5.84. The van der Waals surface area contributed by atoms with E-state index in [1.165, 1.54) is 10.9 Å². The molecule has 30 heavy (non-hydrogen) atoms. The van der Waals surface area contributed by atoms with Crippen molar-refractivity contribution >= 4 is 34.1 Å². The first kappa shape index (κ1) is 20.4. The number of nitrogens with one attached hydrogen (secondary N) is 1. The molecule has 0 radical (unpaired) electrons. The van der Waals surface area contributed by atoms with E-state index < -0.39 is 0 Å². The van der Waals surface area contributed by atoms with Gasteiger partial charge in [-0.1, -0.05) is 30.3 Å². The number of carbonyl (C=O) groups is 1. The molecular weight excluding hydrogens is 374 g/mol. The molecule has 1 aromatic heterocycles. The van der Waals surface area contributed by atoms with Crippen LogP contribution in [-0.2, 0) is 17.6 Å². The number of carbonyl (C=O) groups excluding carboxylic acids is 1. The summed E-state index contributed by atoms with van der Waals surface area (Å²) in [4.78, 5) is 20.6. The van der Waals surface area contributed by atoms with Crippen LogP contribution in [0.3, 0.4) is 0 Å². The molecule has 0 spiro atoms. The molecule has 1 amide bonds. The number of aromatic nitrogens is 1. The fourth-order valence-corrected chi connectivity index (χ4v) is 4.37. The predicted molar refractivity (Wildman–Crippen MR) is 124 cm³/mol. The van der Waals surface area contributed by atoms with Gasteiger partial charge in [0.1, 0.15) is 0 Å². The van der Waals surface area contributed by atoms with Crippen molar-refractivity contribution in [3.63, 3.8) is 0 Å². The topological polar surface area (TPSA) is 59.6 Å². The number of aliphatic hydroxyl groups is 1. The molecule has 5 heteroatoms. The summed E-state index contributed by atoms with van der Waals surface area (Å²) >= 11 is 0. The number of para-hydroxylation sites is 1. The van der Waals surface area contributed by atoms with Crippen LogP contribution in [0.15, 0.2) is 42.5 Å². The number of hydrogen-bond donors (Lipinski definition) is 2. The van der Waals surface area contributed by atoms with Crippen LogP contribution in [0.4, 0.5) is 5.69 Å². The molecule has 2 N–H and O–H groups in total.